The molecule has 2 atom stereocenters. The van der Waals surface area contributed by atoms with Crippen LogP contribution < -0.4 is 5.73 Å². The third-order valence-corrected chi connectivity index (χ3v) is 5.78. The zero-order chi connectivity index (χ0) is 16.5. The van der Waals surface area contributed by atoms with E-state index >= 15 is 0 Å². The molecule has 7 nitrogen and oxygen atoms in total. The fourth-order valence-corrected chi connectivity index (χ4v) is 4.15. The van der Waals surface area contributed by atoms with Gasteiger partial charge in [0.1, 0.15) is 11.3 Å². The van der Waals surface area contributed by atoms with Gasteiger partial charge in [0.25, 0.3) is 10.0 Å². The van der Waals surface area contributed by atoms with Gasteiger partial charge in [0.05, 0.1) is 7.11 Å². The maximum absolute atomic E-state index is 12.7. The summed E-state index contributed by atoms with van der Waals surface area (Å²) in [6.45, 7) is 4.21. The van der Waals surface area contributed by atoms with Crippen LogP contribution in [0, 0.1) is 12.8 Å². The van der Waals surface area contributed by atoms with Crippen LogP contribution in [0.5, 0.6) is 0 Å². The Hall–Kier alpha value is -1.09. The number of nitrogens with zero attached hydrogens (tertiary/aromatic N) is 1. The smallest absolute Gasteiger partial charge is 0.341 e. The molecule has 2 rings (SSSR count). The summed E-state index contributed by atoms with van der Waals surface area (Å²) in [6.07, 6.45) is 1.67. The molecule has 1 saturated heterocycles. The Labute approximate surface area is 142 Å². The van der Waals surface area contributed by atoms with Gasteiger partial charge in [-0.1, -0.05) is 0 Å². The van der Waals surface area contributed by atoms with Gasteiger partial charge in [-0.05, 0) is 32.6 Å². The van der Waals surface area contributed by atoms with Gasteiger partial charge >= 0.3 is 5.97 Å². The van der Waals surface area contributed by atoms with Crippen molar-refractivity contribution >= 4 is 28.4 Å². The van der Waals surface area contributed by atoms with Gasteiger partial charge in [0.2, 0.25) is 5.09 Å². The predicted octanol–water partition coefficient (Wildman–Crippen LogP) is 1.54. The number of sulfonamides is 1. The number of furan rings is 1. The first-order chi connectivity index (χ1) is 10.3. The monoisotopic (exact) mass is 366 g/mol. The topological polar surface area (TPSA) is 103 Å². The number of esters is 1. The predicted molar refractivity (Wildman–Crippen MR) is 87.2 cm³/mol. The number of carbonyl (C=O) groups excluding carboxylic acids is 1. The van der Waals surface area contributed by atoms with Crippen LogP contribution in [0.3, 0.4) is 0 Å². The molecule has 0 bridgehead atoms. The van der Waals surface area contributed by atoms with Crippen LogP contribution in [0.1, 0.15) is 35.9 Å². The standard InChI is InChI=1S/C14H22N2O5S.ClH/c1-9(15)11-5-4-6-16(8-11)22(18,19)13-7-12(10(2)21-13)14(17)20-3;/h7,9,11H,4-6,8,15H2,1-3H3;1H. The van der Waals surface area contributed by atoms with Crippen LogP contribution in [-0.4, -0.2) is 44.9 Å². The molecule has 1 aromatic rings. The van der Waals surface area contributed by atoms with E-state index in [-0.39, 0.29) is 40.8 Å². The van der Waals surface area contributed by atoms with Crippen LogP contribution in [0.15, 0.2) is 15.6 Å². The Morgan fingerprint density at radius 1 is 1.52 bits per heavy atom. The van der Waals surface area contributed by atoms with E-state index in [4.69, 9.17) is 10.2 Å². The first kappa shape index (κ1) is 20.0. The van der Waals surface area contributed by atoms with Gasteiger partial charge < -0.3 is 14.9 Å². The Morgan fingerprint density at radius 3 is 2.74 bits per heavy atom. The van der Waals surface area contributed by atoms with E-state index in [0.717, 1.165) is 12.8 Å². The lowest BCUT2D eigenvalue weighted by molar-refractivity contribution is 0.0598. The molecule has 1 aliphatic rings. The minimum Gasteiger partial charge on any atom is -0.465 e. The van der Waals surface area contributed by atoms with E-state index in [1.165, 1.54) is 24.4 Å². The van der Waals surface area contributed by atoms with Crippen molar-refractivity contribution in [3.8, 4) is 0 Å². The van der Waals surface area contributed by atoms with Crippen molar-refractivity contribution in [1.82, 2.24) is 4.31 Å². The molecule has 9 heteroatoms. The second-order valence-electron chi connectivity index (χ2n) is 5.65. The molecule has 1 fully saturated rings. The van der Waals surface area contributed by atoms with Gasteiger partial charge in [-0.25, -0.2) is 13.2 Å². The normalized spacial score (nSPS) is 20.6. The molecule has 2 heterocycles. The van der Waals surface area contributed by atoms with Crippen molar-refractivity contribution in [3.63, 3.8) is 0 Å². The fraction of sp³-hybridized carbons (Fsp3) is 0.643. The molecule has 132 valence electrons. The average molecular weight is 367 g/mol. The van der Waals surface area contributed by atoms with Crippen LogP contribution >= 0.6 is 12.4 Å². The highest BCUT2D eigenvalue weighted by Crippen LogP contribution is 2.27. The number of nitrogens with two attached hydrogens (primary N) is 1. The van der Waals surface area contributed by atoms with E-state index in [1.807, 2.05) is 6.92 Å². The van der Waals surface area contributed by atoms with E-state index < -0.39 is 16.0 Å². The zero-order valence-electron chi connectivity index (χ0n) is 13.4. The summed E-state index contributed by atoms with van der Waals surface area (Å²) in [4.78, 5) is 11.6. The SMILES string of the molecule is COC(=O)c1cc(S(=O)(=O)N2CCCC(C(C)N)C2)oc1C.Cl. The van der Waals surface area contributed by atoms with Crippen LogP contribution in [-0.2, 0) is 14.8 Å². The summed E-state index contributed by atoms with van der Waals surface area (Å²) in [7, 11) is -2.53. The largest absolute Gasteiger partial charge is 0.465 e. The third-order valence-electron chi connectivity index (χ3n) is 4.06. The first-order valence-corrected chi connectivity index (χ1v) is 8.66. The number of piperidine rings is 1. The van der Waals surface area contributed by atoms with Gasteiger partial charge in [-0.15, -0.1) is 12.4 Å². The van der Waals surface area contributed by atoms with Crippen LogP contribution in [0.25, 0.3) is 0 Å². The summed E-state index contributed by atoms with van der Waals surface area (Å²) >= 11 is 0. The first-order valence-electron chi connectivity index (χ1n) is 7.22. The minimum absolute atomic E-state index is 0. The quantitative estimate of drug-likeness (QED) is 0.811. The van der Waals surface area contributed by atoms with Gasteiger partial charge in [-0.3, -0.25) is 0 Å². The van der Waals surface area contributed by atoms with Gasteiger partial charge in [0.15, 0.2) is 0 Å². The number of hydrogen-bond acceptors (Lipinski definition) is 6. The van der Waals surface area contributed by atoms with Gasteiger partial charge in [-0.2, -0.15) is 4.31 Å². The summed E-state index contributed by atoms with van der Waals surface area (Å²) in [5.41, 5.74) is 6.02. The Morgan fingerprint density at radius 2 is 2.17 bits per heavy atom. The molecule has 0 saturated carbocycles. The molecule has 0 spiro atoms. The Bertz CT molecular complexity index is 656. The van der Waals surface area contributed by atoms with Crippen molar-refractivity contribution in [3.05, 3.63) is 17.4 Å². The Kier molecular flexibility index (Phi) is 6.64. The molecule has 0 amide bonds. The highest BCUT2D eigenvalue weighted by atomic mass is 35.5. The van der Waals surface area contributed by atoms with Crippen LogP contribution in [0.4, 0.5) is 0 Å². The maximum atomic E-state index is 12.7. The zero-order valence-corrected chi connectivity index (χ0v) is 15.1. The minimum atomic E-state index is -3.77. The lowest BCUT2D eigenvalue weighted by atomic mass is 9.93. The second kappa shape index (κ2) is 7.65. The summed E-state index contributed by atoms with van der Waals surface area (Å²) in [5, 5.41) is -0.226. The maximum Gasteiger partial charge on any atom is 0.341 e. The number of ether oxygens (including phenoxy) is 1. The van der Waals surface area contributed by atoms with Crippen molar-refractivity contribution in [2.45, 2.75) is 37.8 Å². The average Bonchev–Trinajstić information content (AvgIpc) is 2.89. The van der Waals surface area contributed by atoms with Crippen molar-refractivity contribution in [2.75, 3.05) is 20.2 Å². The highest BCUT2D eigenvalue weighted by Gasteiger charge is 2.34. The number of carbonyl (C=O) groups is 1. The van der Waals surface area contributed by atoms with Gasteiger partial charge in [0, 0.05) is 25.2 Å². The van der Waals surface area contributed by atoms with E-state index in [2.05, 4.69) is 4.74 Å². The molecular weight excluding hydrogens is 344 g/mol. The van der Waals surface area contributed by atoms with E-state index in [1.54, 1.807) is 0 Å². The van der Waals surface area contributed by atoms with Crippen LogP contribution in [0.2, 0.25) is 0 Å². The summed E-state index contributed by atoms with van der Waals surface area (Å²) < 4.78 is 36.6. The lowest BCUT2D eigenvalue weighted by Gasteiger charge is -2.33. The molecule has 1 aliphatic heterocycles. The number of rotatable bonds is 4. The number of methoxy groups -OCH3 is 1. The van der Waals surface area contributed by atoms with Crippen molar-refractivity contribution in [1.29, 1.82) is 0 Å². The number of hydrogen-bond donors (Lipinski definition) is 1. The molecule has 0 aliphatic carbocycles. The molecule has 0 aromatic carbocycles. The fourth-order valence-electron chi connectivity index (χ4n) is 2.64. The molecule has 1 aromatic heterocycles. The molecule has 23 heavy (non-hydrogen) atoms. The number of halogens is 1. The molecular formula is C14H23ClN2O5S. The summed E-state index contributed by atoms with van der Waals surface area (Å²) in [5.74, 6) is -0.263. The third kappa shape index (κ3) is 4.06. The number of aryl methyl sites for hydroxylation is 1. The van der Waals surface area contributed by atoms with E-state index in [9.17, 15) is 13.2 Å². The summed E-state index contributed by atoms with van der Waals surface area (Å²) in [6, 6.07) is 1.16. The molecule has 2 unspecified atom stereocenters. The Balaban J connectivity index is 0.00000264. The van der Waals surface area contributed by atoms with E-state index in [0.29, 0.717) is 13.1 Å². The van der Waals surface area contributed by atoms with Crippen molar-refractivity contribution in [2.24, 2.45) is 11.7 Å². The molecule has 2 N–H and O–H groups in total. The molecule has 0 radical (unpaired) electrons. The van der Waals surface area contributed by atoms with Crippen molar-refractivity contribution < 1.29 is 22.4 Å². The highest BCUT2D eigenvalue weighted by molar-refractivity contribution is 7.89. The second-order valence-corrected chi connectivity index (χ2v) is 7.52. The lowest BCUT2D eigenvalue weighted by Crippen LogP contribution is -2.44.